The van der Waals surface area contributed by atoms with Gasteiger partial charge in [0.25, 0.3) is 0 Å². The van der Waals surface area contributed by atoms with Crippen LogP contribution in [-0.2, 0) is 0 Å². The first kappa shape index (κ1) is 12.9. The fourth-order valence-corrected chi connectivity index (χ4v) is 2.55. The number of rotatable bonds is 0. The lowest BCUT2D eigenvalue weighted by molar-refractivity contribution is 1.72. The summed E-state index contributed by atoms with van der Waals surface area (Å²) < 4.78 is 0. The minimum Gasteiger partial charge on any atom is -0.144 e. The average Bonchev–Trinajstić information content (AvgIpc) is 2.25. The van der Waals surface area contributed by atoms with Gasteiger partial charge < -0.3 is 0 Å². The first-order valence-corrected chi connectivity index (χ1v) is 6.23. The highest BCUT2D eigenvalue weighted by Crippen LogP contribution is 2.43. The second kappa shape index (κ2) is 4.61. The molecule has 0 aromatic heterocycles. The molecule has 0 amide bonds. The summed E-state index contributed by atoms with van der Waals surface area (Å²) in [4.78, 5) is 0. The topological polar surface area (TPSA) is 0 Å². The Hall–Kier alpha value is 0.440. The van der Waals surface area contributed by atoms with E-state index in [2.05, 4.69) is 6.07 Å². The van der Waals surface area contributed by atoms with Gasteiger partial charge in [-0.15, -0.1) is 57.9 Å². The highest BCUT2D eigenvalue weighted by Gasteiger charge is 2.08. The Morgan fingerprint density at radius 3 is 2.06 bits per heavy atom. The van der Waals surface area contributed by atoms with Crippen molar-refractivity contribution in [3.8, 4) is 0 Å². The predicted molar refractivity (Wildman–Crippen MR) is 74.0 cm³/mol. The molecule has 0 aliphatic carbocycles. The molecule has 0 unspecified atom stereocenters. The summed E-state index contributed by atoms with van der Waals surface area (Å²) in [7, 11) is 0. The van der Waals surface area contributed by atoms with Crippen LogP contribution in [0.3, 0.4) is 0 Å². The van der Waals surface area contributed by atoms with Gasteiger partial charge in [0.05, 0.1) is 0 Å². The van der Waals surface area contributed by atoms with Crippen molar-refractivity contribution in [2.45, 2.75) is 0 Å². The molecular weight excluding hydrogens is 333 g/mol. The minimum atomic E-state index is 0. The number of halogens is 6. The molecule has 0 radical (unpaired) electrons. The first-order chi connectivity index (χ1) is 7.43. The van der Waals surface area contributed by atoms with Crippen LogP contribution in [0.1, 0.15) is 1.43 Å². The second-order valence-electron chi connectivity index (χ2n) is 2.98. The van der Waals surface area contributed by atoms with E-state index in [-0.39, 0.29) is 26.5 Å². The van der Waals surface area contributed by atoms with E-state index in [0.29, 0.717) is 15.8 Å². The average molecular weight is 335 g/mol. The number of hydrogen-bond donors (Lipinski definition) is 0. The smallest absolute Gasteiger partial charge is 0.144 e. The number of fused-ring (bicyclic) bond motifs is 1. The molecule has 0 saturated carbocycles. The molecule has 2 rings (SSSR count). The second-order valence-corrected chi connectivity index (χ2v) is 5.27. The molecule has 0 aliphatic rings. The maximum Gasteiger partial charge on any atom is 1.00 e. The Labute approximate surface area is 123 Å². The highest BCUT2D eigenvalue weighted by molar-refractivity contribution is 6.54. The van der Waals surface area contributed by atoms with Crippen molar-refractivity contribution < 1.29 is 1.43 Å². The van der Waals surface area contributed by atoms with Crippen LogP contribution < -0.4 is 0 Å². The van der Waals surface area contributed by atoms with Crippen LogP contribution in [0.2, 0.25) is 30.1 Å². The molecular formula is C10H2Cl6. The molecule has 0 heterocycles. The van der Waals surface area contributed by atoms with E-state index < -0.39 is 0 Å². The highest BCUT2D eigenvalue weighted by atomic mass is 35.5. The lowest BCUT2D eigenvalue weighted by Gasteiger charge is -2.16. The van der Waals surface area contributed by atoms with Gasteiger partial charge in [0.2, 0.25) is 0 Å². The van der Waals surface area contributed by atoms with Gasteiger partial charge in [-0.05, 0) is 20.1 Å². The molecule has 0 fully saturated rings. The summed E-state index contributed by atoms with van der Waals surface area (Å²) in [6.45, 7) is 0. The van der Waals surface area contributed by atoms with Gasteiger partial charge in [-0.25, -0.2) is 0 Å². The van der Waals surface area contributed by atoms with Crippen LogP contribution in [0, 0.1) is 6.07 Å². The fraction of sp³-hybridized carbons (Fsp3) is 0. The fourth-order valence-electron chi connectivity index (χ4n) is 1.27. The zero-order valence-electron chi connectivity index (χ0n) is 8.35. The maximum absolute atomic E-state index is 6.03. The van der Waals surface area contributed by atoms with Crippen LogP contribution in [0.25, 0.3) is 10.8 Å². The van der Waals surface area contributed by atoms with E-state index in [1.807, 2.05) is 0 Å². The summed E-state index contributed by atoms with van der Waals surface area (Å²) in [5.74, 6) is 0. The molecule has 0 N–H and O–H groups in total. The molecule has 0 aliphatic heterocycles. The largest absolute Gasteiger partial charge is 1.00 e. The third-order valence-electron chi connectivity index (χ3n) is 2.02. The number of hydrogen-bond acceptors (Lipinski definition) is 0. The summed E-state index contributed by atoms with van der Waals surface area (Å²) in [5.41, 5.74) is 0. The Bertz CT molecular complexity index is 542. The molecule has 0 saturated heterocycles. The molecule has 2 aromatic carbocycles. The van der Waals surface area contributed by atoms with E-state index in [1.165, 1.54) is 0 Å². The van der Waals surface area contributed by atoms with Gasteiger partial charge in [0.15, 0.2) is 0 Å². The Morgan fingerprint density at radius 1 is 0.812 bits per heavy atom. The Kier molecular flexibility index (Phi) is 3.71. The van der Waals surface area contributed by atoms with Crippen molar-refractivity contribution >= 4 is 80.4 Å². The molecule has 6 heteroatoms. The van der Waals surface area contributed by atoms with E-state index in [9.17, 15) is 0 Å². The van der Waals surface area contributed by atoms with Crippen LogP contribution >= 0.6 is 69.6 Å². The Balaban J connectivity index is 0.00000144. The van der Waals surface area contributed by atoms with Gasteiger partial charge in [0, 0.05) is 10.0 Å². The van der Waals surface area contributed by atoms with Crippen LogP contribution in [0.4, 0.5) is 0 Å². The molecule has 0 nitrogen and oxygen atoms in total. The van der Waals surface area contributed by atoms with E-state index in [0.717, 1.165) is 0 Å². The maximum atomic E-state index is 6.03. The van der Waals surface area contributed by atoms with Gasteiger partial charge in [-0.2, -0.15) is 0 Å². The summed E-state index contributed by atoms with van der Waals surface area (Å²) in [6, 6.07) is 4.38. The van der Waals surface area contributed by atoms with Crippen LogP contribution in [-0.4, -0.2) is 0 Å². The molecule has 0 spiro atoms. The van der Waals surface area contributed by atoms with Gasteiger partial charge in [0.1, 0.15) is 0 Å². The zero-order chi connectivity index (χ0) is 12.0. The lowest BCUT2D eigenvalue weighted by atomic mass is 10.1. The molecule has 0 bridgehead atoms. The molecule has 16 heavy (non-hydrogen) atoms. The minimum absolute atomic E-state index is 0. The summed E-state index contributed by atoms with van der Waals surface area (Å²) in [6.07, 6.45) is 0. The van der Waals surface area contributed by atoms with E-state index in [4.69, 9.17) is 69.6 Å². The predicted octanol–water partition coefficient (Wildman–Crippen LogP) is 6.67. The molecule has 2 aromatic rings. The molecule has 0 atom stereocenters. The quantitative estimate of drug-likeness (QED) is 0.372. The monoisotopic (exact) mass is 332 g/mol. The normalized spacial score (nSPS) is 11.1. The van der Waals surface area contributed by atoms with Crippen molar-refractivity contribution in [1.82, 2.24) is 0 Å². The third kappa shape index (κ3) is 1.96. The standard InChI is InChI=1S/C10HCl6/c11-5-1-3-4(8(14)9(5)15)2-6(12)10(16)7(3)13/h1H/q-1/p+1. The van der Waals surface area contributed by atoms with Crippen molar-refractivity contribution in [3.63, 3.8) is 0 Å². The van der Waals surface area contributed by atoms with Gasteiger partial charge in [-0.1, -0.05) is 34.7 Å². The summed E-state index contributed by atoms with van der Waals surface area (Å²) in [5, 5.41) is 2.54. The lowest BCUT2D eigenvalue weighted by Crippen LogP contribution is -1.83. The zero-order valence-corrected chi connectivity index (χ0v) is 11.9. The van der Waals surface area contributed by atoms with Crippen molar-refractivity contribution in [2.24, 2.45) is 0 Å². The van der Waals surface area contributed by atoms with Gasteiger partial charge in [-0.3, -0.25) is 0 Å². The van der Waals surface area contributed by atoms with E-state index in [1.54, 1.807) is 6.07 Å². The Morgan fingerprint density at radius 2 is 1.44 bits per heavy atom. The molecule has 84 valence electrons. The SMILES string of the molecule is Clc1[c-]c2c(Cl)c(Cl)c(Cl)cc2c(Cl)c1Cl.[H+]. The van der Waals surface area contributed by atoms with Crippen molar-refractivity contribution in [1.29, 1.82) is 0 Å². The van der Waals surface area contributed by atoms with Gasteiger partial charge >= 0.3 is 1.43 Å². The van der Waals surface area contributed by atoms with E-state index >= 15 is 0 Å². The van der Waals surface area contributed by atoms with Crippen LogP contribution in [0.15, 0.2) is 6.07 Å². The first-order valence-electron chi connectivity index (χ1n) is 3.96. The van der Waals surface area contributed by atoms with Crippen molar-refractivity contribution in [3.05, 3.63) is 42.3 Å². The van der Waals surface area contributed by atoms with Crippen LogP contribution in [0.5, 0.6) is 0 Å². The van der Waals surface area contributed by atoms with Crippen molar-refractivity contribution in [2.75, 3.05) is 0 Å². The summed E-state index contributed by atoms with van der Waals surface area (Å²) >= 11 is 35.6. The number of benzene rings is 2. The third-order valence-corrected chi connectivity index (χ3v) is 4.53.